The molecule has 0 radical (unpaired) electrons. The molecule has 1 unspecified atom stereocenters. The second kappa shape index (κ2) is 12.0. The number of hydrogen-bond donors (Lipinski definition) is 0. The predicted molar refractivity (Wildman–Crippen MR) is 122 cm³/mol. The maximum Gasteiger partial charge on any atom is -0.0116 e. The Bertz CT molecular complexity index is 665. The Hall–Kier alpha value is -1.47. The second-order valence-corrected chi connectivity index (χ2v) is 8.04. The van der Waals surface area contributed by atoms with Gasteiger partial charge in [-0.3, -0.25) is 0 Å². The molecule has 0 spiro atoms. The summed E-state index contributed by atoms with van der Waals surface area (Å²) in [4.78, 5) is 0. The zero-order valence-corrected chi connectivity index (χ0v) is 18.4. The van der Waals surface area contributed by atoms with Crippen molar-refractivity contribution in [2.75, 3.05) is 12.5 Å². The van der Waals surface area contributed by atoms with Gasteiger partial charge in [-0.15, -0.1) is 0 Å². The number of thioether (sulfide) groups is 1. The Labute approximate surface area is 166 Å². The van der Waals surface area contributed by atoms with Crippen molar-refractivity contribution in [3.8, 4) is 0 Å². The predicted octanol–water partition coefficient (Wildman–Crippen LogP) is 7.83. The molecule has 0 fully saturated rings. The summed E-state index contributed by atoms with van der Waals surface area (Å²) in [6.07, 6.45) is 8.91. The summed E-state index contributed by atoms with van der Waals surface area (Å²) in [7, 11) is 0. The molecule has 0 aromatic heterocycles. The highest BCUT2D eigenvalue weighted by Crippen LogP contribution is 2.39. The third kappa shape index (κ3) is 7.03. The van der Waals surface area contributed by atoms with E-state index in [1.807, 2.05) is 12.5 Å². The number of hydrogen-bond acceptors (Lipinski definition) is 1. The van der Waals surface area contributed by atoms with Crippen molar-refractivity contribution in [3.05, 3.63) is 76.9 Å². The summed E-state index contributed by atoms with van der Waals surface area (Å²) >= 11 is 1.75. The molecule has 1 aliphatic carbocycles. The fraction of sp³-hybridized carbons (Fsp3) is 0.440. The first-order valence-corrected chi connectivity index (χ1v) is 11.3. The lowest BCUT2D eigenvalue weighted by molar-refractivity contribution is 0.697. The summed E-state index contributed by atoms with van der Waals surface area (Å²) < 4.78 is 0. The van der Waals surface area contributed by atoms with Crippen LogP contribution in [-0.4, -0.2) is 12.5 Å². The van der Waals surface area contributed by atoms with Crippen LogP contribution in [0.2, 0.25) is 0 Å². The van der Waals surface area contributed by atoms with Gasteiger partial charge in [0, 0.05) is 0 Å². The van der Waals surface area contributed by atoms with E-state index in [2.05, 4.69) is 76.7 Å². The monoisotopic (exact) mass is 368 g/mol. The fourth-order valence-electron chi connectivity index (χ4n) is 3.25. The van der Waals surface area contributed by atoms with Gasteiger partial charge in [-0.05, 0) is 73.8 Å². The SMILES string of the molecule is C=C(CC1CCc2cc(C)ccc21)c1ccc(C)cc1.CCC.CSC. The van der Waals surface area contributed by atoms with Crippen molar-refractivity contribution in [3.63, 3.8) is 0 Å². The van der Waals surface area contributed by atoms with Crippen LogP contribution in [0.25, 0.3) is 5.57 Å². The van der Waals surface area contributed by atoms with Gasteiger partial charge in [0.25, 0.3) is 0 Å². The smallest absolute Gasteiger partial charge is 0.0116 e. The topological polar surface area (TPSA) is 0 Å². The van der Waals surface area contributed by atoms with Gasteiger partial charge < -0.3 is 0 Å². The molecule has 2 aromatic carbocycles. The lowest BCUT2D eigenvalue weighted by atomic mass is 9.90. The van der Waals surface area contributed by atoms with Crippen LogP contribution in [0.5, 0.6) is 0 Å². The first-order valence-electron chi connectivity index (χ1n) is 9.71. The van der Waals surface area contributed by atoms with Crippen molar-refractivity contribution in [2.45, 2.75) is 59.3 Å². The van der Waals surface area contributed by atoms with Crippen LogP contribution in [0.15, 0.2) is 49.0 Å². The van der Waals surface area contributed by atoms with E-state index >= 15 is 0 Å². The van der Waals surface area contributed by atoms with Crippen molar-refractivity contribution >= 4 is 17.3 Å². The van der Waals surface area contributed by atoms with Crippen LogP contribution in [0.4, 0.5) is 0 Å². The lowest BCUT2D eigenvalue weighted by Crippen LogP contribution is -1.96. The summed E-state index contributed by atoms with van der Waals surface area (Å²) in [5.41, 5.74) is 8.33. The van der Waals surface area contributed by atoms with E-state index in [1.54, 1.807) is 22.9 Å². The minimum Gasteiger partial charge on any atom is -0.169 e. The third-order valence-electron chi connectivity index (χ3n) is 4.45. The summed E-state index contributed by atoms with van der Waals surface area (Å²) in [6, 6.07) is 15.7. The van der Waals surface area contributed by atoms with Gasteiger partial charge in [-0.25, -0.2) is 0 Å². The summed E-state index contributed by atoms with van der Waals surface area (Å²) in [6.45, 7) is 12.9. The van der Waals surface area contributed by atoms with Gasteiger partial charge in [0.15, 0.2) is 0 Å². The molecule has 0 nitrogen and oxygen atoms in total. The molecule has 3 rings (SSSR count). The van der Waals surface area contributed by atoms with Crippen LogP contribution in [0.1, 0.15) is 66.8 Å². The summed E-state index contributed by atoms with van der Waals surface area (Å²) in [5.74, 6) is 0.652. The first kappa shape index (κ1) is 22.6. The Morgan fingerprint density at radius 2 is 1.54 bits per heavy atom. The van der Waals surface area contributed by atoms with E-state index in [-0.39, 0.29) is 0 Å². The highest BCUT2D eigenvalue weighted by atomic mass is 32.2. The van der Waals surface area contributed by atoms with Crippen LogP contribution >= 0.6 is 11.8 Å². The number of fused-ring (bicyclic) bond motifs is 1. The molecular formula is C25H36S. The minimum atomic E-state index is 0.652. The fourth-order valence-corrected chi connectivity index (χ4v) is 3.25. The minimum absolute atomic E-state index is 0.652. The van der Waals surface area contributed by atoms with E-state index < -0.39 is 0 Å². The molecule has 0 heterocycles. The number of benzene rings is 2. The molecule has 142 valence electrons. The Morgan fingerprint density at radius 1 is 1.00 bits per heavy atom. The molecule has 0 saturated carbocycles. The van der Waals surface area contributed by atoms with Gasteiger partial charge in [0.05, 0.1) is 0 Å². The Balaban J connectivity index is 0.000000499. The van der Waals surface area contributed by atoms with Crippen molar-refractivity contribution < 1.29 is 0 Å². The van der Waals surface area contributed by atoms with E-state index in [0.717, 1.165) is 6.42 Å². The summed E-state index contributed by atoms with van der Waals surface area (Å²) in [5, 5.41) is 0. The van der Waals surface area contributed by atoms with Crippen molar-refractivity contribution in [2.24, 2.45) is 0 Å². The first-order chi connectivity index (χ1) is 12.5. The molecule has 0 saturated heterocycles. The second-order valence-electron chi connectivity index (χ2n) is 7.23. The number of allylic oxidation sites excluding steroid dienone is 1. The Morgan fingerprint density at radius 3 is 2.12 bits per heavy atom. The van der Waals surface area contributed by atoms with Gasteiger partial charge in [0.1, 0.15) is 0 Å². The quantitative estimate of drug-likeness (QED) is 0.532. The average molecular weight is 369 g/mol. The molecule has 2 aromatic rings. The molecule has 0 aliphatic heterocycles. The van der Waals surface area contributed by atoms with Gasteiger partial charge in [0.2, 0.25) is 0 Å². The molecule has 1 atom stereocenters. The van der Waals surface area contributed by atoms with Gasteiger partial charge in [-0.2, -0.15) is 11.8 Å². The molecule has 0 N–H and O–H groups in total. The molecule has 26 heavy (non-hydrogen) atoms. The maximum absolute atomic E-state index is 4.31. The van der Waals surface area contributed by atoms with E-state index in [9.17, 15) is 0 Å². The average Bonchev–Trinajstić information content (AvgIpc) is 2.99. The van der Waals surface area contributed by atoms with E-state index in [1.165, 1.54) is 41.5 Å². The largest absolute Gasteiger partial charge is 0.169 e. The highest BCUT2D eigenvalue weighted by molar-refractivity contribution is 7.97. The van der Waals surface area contributed by atoms with Gasteiger partial charge in [-0.1, -0.05) is 80.4 Å². The zero-order chi connectivity index (χ0) is 19.5. The van der Waals surface area contributed by atoms with Crippen LogP contribution in [0, 0.1) is 13.8 Å². The highest BCUT2D eigenvalue weighted by Gasteiger charge is 2.23. The lowest BCUT2D eigenvalue weighted by Gasteiger charge is -2.14. The molecule has 1 heteroatoms. The maximum atomic E-state index is 4.31. The molecule has 0 amide bonds. The molecular weight excluding hydrogens is 332 g/mol. The van der Waals surface area contributed by atoms with E-state index in [4.69, 9.17) is 0 Å². The standard InChI is InChI=1S/C20H22.C3H8.C2H6S/c1-14-4-7-17(8-5-14)16(3)13-19-10-9-18-12-15(2)6-11-20(18)19;2*1-3-2/h4-8,11-12,19H,3,9-10,13H2,1-2H3;3H2,1-2H3;1-2H3. The zero-order valence-electron chi connectivity index (χ0n) is 17.6. The van der Waals surface area contributed by atoms with Gasteiger partial charge >= 0.3 is 0 Å². The molecule has 0 bridgehead atoms. The van der Waals surface area contributed by atoms with Crippen molar-refractivity contribution in [1.29, 1.82) is 0 Å². The number of aryl methyl sites for hydroxylation is 3. The van der Waals surface area contributed by atoms with Crippen molar-refractivity contribution in [1.82, 2.24) is 0 Å². The third-order valence-corrected chi connectivity index (χ3v) is 4.45. The normalized spacial score (nSPS) is 14.5. The Kier molecular flexibility index (Phi) is 10.4. The van der Waals surface area contributed by atoms with Crippen LogP contribution in [0.3, 0.4) is 0 Å². The van der Waals surface area contributed by atoms with Crippen LogP contribution in [-0.2, 0) is 6.42 Å². The molecule has 1 aliphatic rings. The van der Waals surface area contributed by atoms with Crippen LogP contribution < -0.4 is 0 Å². The van der Waals surface area contributed by atoms with E-state index in [0.29, 0.717) is 5.92 Å². The number of rotatable bonds is 3.